The molecule has 15 heavy (non-hydrogen) atoms. The summed E-state index contributed by atoms with van der Waals surface area (Å²) in [6.45, 7) is 3.98. The van der Waals surface area contributed by atoms with E-state index in [0.29, 0.717) is 6.54 Å². The van der Waals surface area contributed by atoms with Crippen molar-refractivity contribution in [3.8, 4) is 0 Å². The zero-order chi connectivity index (χ0) is 11.4. The lowest BCUT2D eigenvalue weighted by Crippen LogP contribution is -2.29. The summed E-state index contributed by atoms with van der Waals surface area (Å²) in [6, 6.07) is 1.83. The van der Waals surface area contributed by atoms with Gasteiger partial charge in [0.15, 0.2) is 0 Å². The lowest BCUT2D eigenvalue weighted by Gasteiger charge is -2.20. The van der Waals surface area contributed by atoms with E-state index >= 15 is 0 Å². The highest BCUT2D eigenvalue weighted by Crippen LogP contribution is 2.10. The minimum absolute atomic E-state index is 0.412. The molecule has 0 aliphatic heterocycles. The number of aryl methyl sites for hydroxylation is 1. The van der Waals surface area contributed by atoms with Crippen LogP contribution in [0, 0.1) is 12.8 Å². The lowest BCUT2D eigenvalue weighted by molar-refractivity contribution is -0.140. The maximum atomic E-state index is 10.7. The van der Waals surface area contributed by atoms with E-state index in [-0.39, 0.29) is 0 Å². The summed E-state index contributed by atoms with van der Waals surface area (Å²) in [4.78, 5) is 20.5. The topological polar surface area (TPSA) is 66.3 Å². The van der Waals surface area contributed by atoms with Crippen LogP contribution in [-0.4, -0.2) is 34.6 Å². The van der Waals surface area contributed by atoms with Crippen molar-refractivity contribution in [1.29, 1.82) is 0 Å². The number of aromatic nitrogens is 2. The van der Waals surface area contributed by atoms with Gasteiger partial charge in [0.2, 0.25) is 0 Å². The Bertz CT molecular complexity index is 354. The van der Waals surface area contributed by atoms with Crippen molar-refractivity contribution in [2.75, 3.05) is 18.5 Å². The van der Waals surface area contributed by atoms with E-state index in [1.807, 2.05) is 24.9 Å². The van der Waals surface area contributed by atoms with Crippen LogP contribution in [0.3, 0.4) is 0 Å². The van der Waals surface area contributed by atoms with E-state index in [1.54, 1.807) is 6.92 Å². The van der Waals surface area contributed by atoms with Gasteiger partial charge in [0, 0.05) is 25.4 Å². The Kier molecular flexibility index (Phi) is 3.60. The molecule has 5 nitrogen and oxygen atoms in total. The Morgan fingerprint density at radius 3 is 2.80 bits per heavy atom. The molecule has 1 rings (SSSR count). The molecule has 1 aromatic heterocycles. The largest absolute Gasteiger partial charge is 0.481 e. The molecule has 0 aliphatic rings. The molecule has 1 unspecified atom stereocenters. The molecule has 0 fully saturated rings. The highest BCUT2D eigenvalue weighted by Gasteiger charge is 2.14. The zero-order valence-corrected chi connectivity index (χ0v) is 9.14. The van der Waals surface area contributed by atoms with Crippen LogP contribution in [0.25, 0.3) is 0 Å². The van der Waals surface area contributed by atoms with Gasteiger partial charge in [-0.2, -0.15) is 0 Å². The SMILES string of the molecule is Cc1cc(N(C)CC(C)C(=O)O)ncn1. The van der Waals surface area contributed by atoms with Crippen molar-refractivity contribution in [3.05, 3.63) is 18.1 Å². The number of aliphatic carboxylic acids is 1. The molecule has 1 heterocycles. The maximum absolute atomic E-state index is 10.7. The third kappa shape index (κ3) is 3.19. The van der Waals surface area contributed by atoms with Crippen LogP contribution in [-0.2, 0) is 4.79 Å². The first kappa shape index (κ1) is 11.4. The van der Waals surface area contributed by atoms with Crippen molar-refractivity contribution in [2.45, 2.75) is 13.8 Å². The fourth-order valence-corrected chi connectivity index (χ4v) is 1.23. The van der Waals surface area contributed by atoms with Crippen molar-refractivity contribution in [2.24, 2.45) is 5.92 Å². The molecule has 0 bridgehead atoms. The summed E-state index contributed by atoms with van der Waals surface area (Å²) in [6.07, 6.45) is 1.48. The third-order valence-electron chi connectivity index (χ3n) is 2.15. The summed E-state index contributed by atoms with van der Waals surface area (Å²) in [5.74, 6) is -0.464. The molecule has 0 saturated heterocycles. The van der Waals surface area contributed by atoms with Gasteiger partial charge in [0.25, 0.3) is 0 Å². The van der Waals surface area contributed by atoms with Gasteiger partial charge in [-0.1, -0.05) is 6.92 Å². The van der Waals surface area contributed by atoms with Gasteiger partial charge in [0.1, 0.15) is 12.1 Å². The number of carboxylic acids is 1. The van der Waals surface area contributed by atoms with Gasteiger partial charge in [-0.25, -0.2) is 9.97 Å². The van der Waals surface area contributed by atoms with Gasteiger partial charge >= 0.3 is 5.97 Å². The predicted molar refractivity (Wildman–Crippen MR) is 56.8 cm³/mol. The van der Waals surface area contributed by atoms with Crippen molar-refractivity contribution < 1.29 is 9.90 Å². The average molecular weight is 209 g/mol. The van der Waals surface area contributed by atoms with Crippen LogP contribution >= 0.6 is 0 Å². The second kappa shape index (κ2) is 4.72. The smallest absolute Gasteiger partial charge is 0.308 e. The van der Waals surface area contributed by atoms with Crippen LogP contribution in [0.15, 0.2) is 12.4 Å². The molecule has 0 spiro atoms. The number of carboxylic acid groups (broad SMARTS) is 1. The van der Waals surface area contributed by atoms with Gasteiger partial charge in [-0.15, -0.1) is 0 Å². The van der Waals surface area contributed by atoms with Crippen LogP contribution in [0.2, 0.25) is 0 Å². The monoisotopic (exact) mass is 209 g/mol. The first-order valence-electron chi connectivity index (χ1n) is 4.73. The zero-order valence-electron chi connectivity index (χ0n) is 9.14. The molecule has 5 heteroatoms. The number of hydrogen-bond acceptors (Lipinski definition) is 4. The fraction of sp³-hybridized carbons (Fsp3) is 0.500. The summed E-state index contributed by atoms with van der Waals surface area (Å²) >= 11 is 0. The van der Waals surface area contributed by atoms with E-state index in [1.165, 1.54) is 6.33 Å². The quantitative estimate of drug-likeness (QED) is 0.799. The van der Waals surface area contributed by atoms with Gasteiger partial charge < -0.3 is 10.0 Å². The highest BCUT2D eigenvalue weighted by atomic mass is 16.4. The lowest BCUT2D eigenvalue weighted by atomic mass is 10.2. The van der Waals surface area contributed by atoms with Crippen LogP contribution in [0.5, 0.6) is 0 Å². The minimum Gasteiger partial charge on any atom is -0.481 e. The molecular weight excluding hydrogens is 194 g/mol. The molecule has 1 aromatic rings. The third-order valence-corrected chi connectivity index (χ3v) is 2.15. The Morgan fingerprint density at radius 2 is 2.27 bits per heavy atom. The summed E-state index contributed by atoms with van der Waals surface area (Å²) in [5.41, 5.74) is 0.870. The maximum Gasteiger partial charge on any atom is 0.308 e. The summed E-state index contributed by atoms with van der Waals surface area (Å²) in [7, 11) is 1.82. The van der Waals surface area contributed by atoms with E-state index in [4.69, 9.17) is 5.11 Å². The Morgan fingerprint density at radius 1 is 1.60 bits per heavy atom. The first-order chi connectivity index (χ1) is 7.00. The second-order valence-electron chi connectivity index (χ2n) is 3.64. The highest BCUT2D eigenvalue weighted by molar-refractivity contribution is 5.70. The van der Waals surface area contributed by atoms with Crippen LogP contribution in [0.4, 0.5) is 5.82 Å². The summed E-state index contributed by atoms with van der Waals surface area (Å²) < 4.78 is 0. The fourth-order valence-electron chi connectivity index (χ4n) is 1.23. The predicted octanol–water partition coefficient (Wildman–Crippen LogP) is 0.942. The van der Waals surface area contributed by atoms with E-state index in [0.717, 1.165) is 11.5 Å². The van der Waals surface area contributed by atoms with Crippen molar-refractivity contribution >= 4 is 11.8 Å². The Hall–Kier alpha value is -1.65. The van der Waals surface area contributed by atoms with E-state index in [2.05, 4.69) is 9.97 Å². The molecule has 0 aromatic carbocycles. The second-order valence-corrected chi connectivity index (χ2v) is 3.64. The molecule has 0 radical (unpaired) electrons. The molecule has 0 aliphatic carbocycles. The van der Waals surface area contributed by atoms with Crippen LogP contribution < -0.4 is 4.90 Å². The van der Waals surface area contributed by atoms with Gasteiger partial charge in [0.05, 0.1) is 5.92 Å². The minimum atomic E-state index is -0.798. The molecule has 1 atom stereocenters. The number of rotatable bonds is 4. The van der Waals surface area contributed by atoms with Crippen molar-refractivity contribution in [1.82, 2.24) is 9.97 Å². The van der Waals surface area contributed by atoms with Gasteiger partial charge in [-0.3, -0.25) is 4.79 Å². The standard InChI is InChI=1S/C10H15N3O2/c1-7(10(14)15)5-13(3)9-4-8(2)11-6-12-9/h4,6-7H,5H2,1-3H3,(H,14,15). The molecule has 1 N–H and O–H groups in total. The number of anilines is 1. The van der Waals surface area contributed by atoms with E-state index in [9.17, 15) is 4.79 Å². The van der Waals surface area contributed by atoms with E-state index < -0.39 is 11.9 Å². The number of nitrogens with zero attached hydrogens (tertiary/aromatic N) is 3. The van der Waals surface area contributed by atoms with Crippen LogP contribution in [0.1, 0.15) is 12.6 Å². The van der Waals surface area contributed by atoms with Crippen molar-refractivity contribution in [3.63, 3.8) is 0 Å². The Balaban J connectivity index is 2.68. The summed E-state index contributed by atoms with van der Waals surface area (Å²) in [5, 5.41) is 8.77. The molecule has 0 saturated carbocycles. The Labute approximate surface area is 88.8 Å². The van der Waals surface area contributed by atoms with Gasteiger partial charge in [-0.05, 0) is 6.92 Å². The average Bonchev–Trinajstić information content (AvgIpc) is 2.17. The normalized spacial score (nSPS) is 12.2. The molecule has 82 valence electrons. The molecular formula is C10H15N3O2. The first-order valence-corrected chi connectivity index (χ1v) is 4.73. The number of hydrogen-bond donors (Lipinski definition) is 1. The number of carbonyl (C=O) groups is 1. The molecule has 0 amide bonds.